The number of nitrogens with two attached hydrogens (primary N) is 1. The van der Waals surface area contributed by atoms with Crippen LogP contribution in [0.5, 0.6) is 0 Å². The molecule has 1 aliphatic heterocycles. The van der Waals surface area contributed by atoms with E-state index in [1.807, 2.05) is 12.1 Å². The van der Waals surface area contributed by atoms with Gasteiger partial charge in [0, 0.05) is 5.56 Å². The minimum atomic E-state index is -0.269. The molecule has 1 aromatic carbocycles. The number of hydrazine groups is 1. The number of ether oxygens (including phenoxy) is 1. The molecular weight excluding hydrogens is 168 g/mol. The van der Waals surface area contributed by atoms with Crippen LogP contribution in [0.1, 0.15) is 21.5 Å². The fraction of sp³-hybridized carbons (Fsp3) is 0.222. The van der Waals surface area contributed by atoms with Gasteiger partial charge in [-0.3, -0.25) is 10.2 Å². The molecule has 1 aromatic rings. The lowest BCUT2D eigenvalue weighted by Crippen LogP contribution is -2.30. The van der Waals surface area contributed by atoms with Crippen LogP contribution in [0.2, 0.25) is 0 Å². The highest BCUT2D eigenvalue weighted by molar-refractivity contribution is 5.94. The van der Waals surface area contributed by atoms with E-state index in [2.05, 4.69) is 5.43 Å². The summed E-state index contributed by atoms with van der Waals surface area (Å²) in [5.74, 6) is 4.75. The van der Waals surface area contributed by atoms with Gasteiger partial charge in [0.25, 0.3) is 5.91 Å². The van der Waals surface area contributed by atoms with Gasteiger partial charge in [0.15, 0.2) is 0 Å². The van der Waals surface area contributed by atoms with E-state index >= 15 is 0 Å². The lowest BCUT2D eigenvalue weighted by atomic mass is 10.1. The average molecular weight is 178 g/mol. The van der Waals surface area contributed by atoms with Crippen LogP contribution < -0.4 is 11.3 Å². The molecule has 0 fully saturated rings. The molecule has 1 amide bonds. The third-order valence-electron chi connectivity index (χ3n) is 2.11. The molecular formula is C9H10N2O2. The van der Waals surface area contributed by atoms with E-state index in [4.69, 9.17) is 10.6 Å². The summed E-state index contributed by atoms with van der Waals surface area (Å²) in [5.41, 5.74) is 4.89. The third kappa shape index (κ3) is 1.41. The molecule has 0 aliphatic carbocycles. The van der Waals surface area contributed by atoms with Crippen molar-refractivity contribution in [1.29, 1.82) is 0 Å². The van der Waals surface area contributed by atoms with E-state index in [9.17, 15) is 4.79 Å². The van der Waals surface area contributed by atoms with Gasteiger partial charge in [-0.1, -0.05) is 6.07 Å². The Labute approximate surface area is 75.7 Å². The van der Waals surface area contributed by atoms with E-state index in [1.54, 1.807) is 6.07 Å². The molecule has 13 heavy (non-hydrogen) atoms. The van der Waals surface area contributed by atoms with Crippen molar-refractivity contribution in [2.75, 3.05) is 0 Å². The van der Waals surface area contributed by atoms with E-state index in [0.717, 1.165) is 11.1 Å². The Morgan fingerprint density at radius 1 is 1.38 bits per heavy atom. The van der Waals surface area contributed by atoms with Gasteiger partial charge >= 0.3 is 0 Å². The Hall–Kier alpha value is -1.39. The molecule has 0 aromatic heterocycles. The van der Waals surface area contributed by atoms with Crippen molar-refractivity contribution in [1.82, 2.24) is 5.43 Å². The zero-order chi connectivity index (χ0) is 9.26. The monoisotopic (exact) mass is 178 g/mol. The molecule has 0 radical (unpaired) electrons. The fourth-order valence-corrected chi connectivity index (χ4v) is 1.40. The van der Waals surface area contributed by atoms with Crippen LogP contribution in [-0.2, 0) is 18.0 Å². The summed E-state index contributed by atoms with van der Waals surface area (Å²) in [6.07, 6.45) is 0. The van der Waals surface area contributed by atoms with Gasteiger partial charge in [-0.15, -0.1) is 0 Å². The predicted octanol–water partition coefficient (Wildman–Crippen LogP) is 0.320. The predicted molar refractivity (Wildman–Crippen MR) is 46.6 cm³/mol. The first-order valence-electron chi connectivity index (χ1n) is 4.02. The van der Waals surface area contributed by atoms with Gasteiger partial charge in [0.2, 0.25) is 0 Å². The van der Waals surface area contributed by atoms with Gasteiger partial charge in [-0.25, -0.2) is 5.84 Å². The SMILES string of the molecule is NNC(=O)c1ccc2c(c1)COC2. The summed E-state index contributed by atoms with van der Waals surface area (Å²) < 4.78 is 5.22. The van der Waals surface area contributed by atoms with Crippen LogP contribution in [-0.4, -0.2) is 5.91 Å². The molecule has 0 saturated heterocycles. The molecule has 2 rings (SSSR count). The first-order valence-corrected chi connectivity index (χ1v) is 4.02. The molecule has 1 heterocycles. The highest BCUT2D eigenvalue weighted by atomic mass is 16.5. The van der Waals surface area contributed by atoms with Crippen LogP contribution >= 0.6 is 0 Å². The van der Waals surface area contributed by atoms with Crippen molar-refractivity contribution in [3.63, 3.8) is 0 Å². The van der Waals surface area contributed by atoms with Crippen molar-refractivity contribution in [3.8, 4) is 0 Å². The topological polar surface area (TPSA) is 64.3 Å². The Balaban J connectivity index is 2.36. The summed E-state index contributed by atoms with van der Waals surface area (Å²) in [4.78, 5) is 11.1. The summed E-state index contributed by atoms with van der Waals surface area (Å²) in [7, 11) is 0. The van der Waals surface area contributed by atoms with Crippen molar-refractivity contribution >= 4 is 5.91 Å². The number of rotatable bonds is 1. The molecule has 1 aliphatic rings. The largest absolute Gasteiger partial charge is 0.372 e. The molecule has 4 nitrogen and oxygen atoms in total. The molecule has 0 bridgehead atoms. The number of benzene rings is 1. The minimum absolute atomic E-state index is 0.269. The number of amides is 1. The number of nitrogens with one attached hydrogen (secondary N) is 1. The highest BCUT2D eigenvalue weighted by Gasteiger charge is 2.13. The van der Waals surface area contributed by atoms with Crippen molar-refractivity contribution in [3.05, 3.63) is 34.9 Å². The quantitative estimate of drug-likeness (QED) is 0.370. The third-order valence-corrected chi connectivity index (χ3v) is 2.11. The maximum absolute atomic E-state index is 11.1. The average Bonchev–Trinajstić information content (AvgIpc) is 2.63. The molecule has 68 valence electrons. The van der Waals surface area contributed by atoms with E-state index in [0.29, 0.717) is 18.8 Å². The smallest absolute Gasteiger partial charge is 0.265 e. The number of hydrogen-bond acceptors (Lipinski definition) is 3. The molecule has 3 N–H and O–H groups in total. The molecule has 0 saturated carbocycles. The Morgan fingerprint density at radius 2 is 2.15 bits per heavy atom. The van der Waals surface area contributed by atoms with E-state index in [1.165, 1.54) is 0 Å². The van der Waals surface area contributed by atoms with Crippen molar-refractivity contribution in [2.24, 2.45) is 5.84 Å². The Morgan fingerprint density at radius 3 is 2.92 bits per heavy atom. The Kier molecular flexibility index (Phi) is 2.00. The second kappa shape index (κ2) is 3.16. The zero-order valence-corrected chi connectivity index (χ0v) is 7.04. The van der Waals surface area contributed by atoms with E-state index < -0.39 is 0 Å². The lowest BCUT2D eigenvalue weighted by molar-refractivity contribution is 0.0953. The van der Waals surface area contributed by atoms with Crippen LogP contribution in [0.4, 0.5) is 0 Å². The van der Waals surface area contributed by atoms with Crippen molar-refractivity contribution < 1.29 is 9.53 Å². The summed E-state index contributed by atoms with van der Waals surface area (Å²) in [5, 5.41) is 0. The zero-order valence-electron chi connectivity index (χ0n) is 7.04. The van der Waals surface area contributed by atoms with Gasteiger partial charge in [-0.2, -0.15) is 0 Å². The van der Waals surface area contributed by atoms with E-state index in [-0.39, 0.29) is 5.91 Å². The molecule has 0 unspecified atom stereocenters. The second-order valence-corrected chi connectivity index (χ2v) is 2.95. The van der Waals surface area contributed by atoms with Gasteiger partial charge in [-0.05, 0) is 23.3 Å². The fourth-order valence-electron chi connectivity index (χ4n) is 1.40. The second-order valence-electron chi connectivity index (χ2n) is 2.95. The first-order chi connectivity index (χ1) is 6.31. The van der Waals surface area contributed by atoms with Gasteiger partial charge in [0.05, 0.1) is 13.2 Å². The van der Waals surface area contributed by atoms with Gasteiger partial charge < -0.3 is 4.74 Å². The maximum atomic E-state index is 11.1. The first kappa shape index (κ1) is 8.22. The van der Waals surface area contributed by atoms with Gasteiger partial charge in [0.1, 0.15) is 0 Å². The van der Waals surface area contributed by atoms with Crippen LogP contribution in [0.25, 0.3) is 0 Å². The number of hydrogen-bond donors (Lipinski definition) is 2. The number of carbonyl (C=O) groups excluding carboxylic acids is 1. The van der Waals surface area contributed by atoms with Crippen LogP contribution in [0.15, 0.2) is 18.2 Å². The maximum Gasteiger partial charge on any atom is 0.265 e. The molecule has 0 spiro atoms. The normalized spacial score (nSPS) is 13.9. The summed E-state index contributed by atoms with van der Waals surface area (Å²) >= 11 is 0. The van der Waals surface area contributed by atoms with Crippen LogP contribution in [0.3, 0.4) is 0 Å². The number of carbonyl (C=O) groups is 1. The summed E-state index contributed by atoms with van der Waals surface area (Å²) in [6, 6.07) is 5.45. The molecule has 4 heteroatoms. The van der Waals surface area contributed by atoms with Crippen LogP contribution in [0, 0.1) is 0 Å². The number of fused-ring (bicyclic) bond motifs is 1. The molecule has 0 atom stereocenters. The lowest BCUT2D eigenvalue weighted by Gasteiger charge is -2.01. The number of nitrogen functional groups attached to an aromatic ring is 1. The summed E-state index contributed by atoms with van der Waals surface area (Å²) in [6.45, 7) is 1.22. The standard InChI is InChI=1S/C9H10N2O2/c10-11-9(12)6-1-2-7-4-13-5-8(7)3-6/h1-3H,4-5,10H2,(H,11,12). The Bertz CT molecular complexity index is 349. The highest BCUT2D eigenvalue weighted by Crippen LogP contribution is 2.20. The van der Waals surface area contributed by atoms with Crippen molar-refractivity contribution in [2.45, 2.75) is 13.2 Å². The minimum Gasteiger partial charge on any atom is -0.372 e.